The van der Waals surface area contributed by atoms with Crippen LogP contribution in [0.5, 0.6) is 0 Å². The number of carbonyl (C=O) groups excluding carboxylic acids is 1. The average Bonchev–Trinajstić information content (AvgIpc) is 3.49. The zero-order chi connectivity index (χ0) is 23.1. The monoisotopic (exact) mass is 482 g/mol. The fourth-order valence-corrected chi connectivity index (χ4v) is 6.68. The molecule has 0 spiro atoms. The molecule has 0 fully saturated rings. The van der Waals surface area contributed by atoms with Gasteiger partial charge in [0, 0.05) is 16.6 Å². The van der Waals surface area contributed by atoms with Crippen molar-refractivity contribution < 1.29 is 4.79 Å². The number of benzene rings is 2. The van der Waals surface area contributed by atoms with Crippen LogP contribution in [-0.4, -0.2) is 26.6 Å². The summed E-state index contributed by atoms with van der Waals surface area (Å²) in [6, 6.07) is 18.2. The summed E-state index contributed by atoms with van der Waals surface area (Å²) in [4.78, 5) is 27.9. The van der Waals surface area contributed by atoms with Gasteiger partial charge in [-0.3, -0.25) is 4.79 Å². The normalized spacial score (nSPS) is 12.9. The lowest BCUT2D eigenvalue weighted by molar-refractivity contribution is -0.113. The molecule has 1 aliphatic carbocycles. The number of aromatic nitrogens is 3. The van der Waals surface area contributed by atoms with E-state index in [1.807, 2.05) is 37.3 Å². The number of hydrogen-bond donors (Lipinski definition) is 1. The molecular formula is C27H22N4OS2. The maximum atomic E-state index is 12.6. The molecule has 0 unspecified atom stereocenters. The maximum Gasteiger partial charge on any atom is 0.234 e. The van der Waals surface area contributed by atoms with Crippen LogP contribution in [0.25, 0.3) is 31.7 Å². The standard InChI is InChI=1S/C27H22N4OS2/c1-16-8-5-6-13-20(16)30-21(32)14-33-27-25-24(28-15-29-27)22-18-11-7-12-19(18)23(31-26(22)34-25)17-9-3-2-4-10-17/h2-6,8-10,13,15H,7,11-12,14H2,1H3,(H,30,32). The van der Waals surface area contributed by atoms with Gasteiger partial charge in [0.1, 0.15) is 16.2 Å². The number of nitrogens with zero attached hydrogens (tertiary/aromatic N) is 3. The Morgan fingerprint density at radius 3 is 2.68 bits per heavy atom. The highest BCUT2D eigenvalue weighted by atomic mass is 32.2. The lowest BCUT2D eigenvalue weighted by Crippen LogP contribution is -2.14. The van der Waals surface area contributed by atoms with Crippen molar-refractivity contribution in [1.29, 1.82) is 0 Å². The van der Waals surface area contributed by atoms with Gasteiger partial charge in [0.25, 0.3) is 0 Å². The van der Waals surface area contributed by atoms with E-state index in [1.54, 1.807) is 17.7 Å². The number of amides is 1. The zero-order valence-corrected chi connectivity index (χ0v) is 20.3. The van der Waals surface area contributed by atoms with Gasteiger partial charge >= 0.3 is 0 Å². The molecule has 1 amide bonds. The minimum absolute atomic E-state index is 0.0439. The first-order chi connectivity index (χ1) is 16.7. The first kappa shape index (κ1) is 21.3. The van der Waals surface area contributed by atoms with Gasteiger partial charge < -0.3 is 5.32 Å². The van der Waals surface area contributed by atoms with E-state index < -0.39 is 0 Å². The van der Waals surface area contributed by atoms with Crippen molar-refractivity contribution in [2.45, 2.75) is 31.2 Å². The van der Waals surface area contributed by atoms with Crippen LogP contribution in [0, 0.1) is 6.92 Å². The van der Waals surface area contributed by atoms with Crippen LogP contribution in [0.4, 0.5) is 5.69 Å². The number of carbonyl (C=O) groups is 1. The Kier molecular flexibility index (Phi) is 5.51. The van der Waals surface area contributed by atoms with Crippen LogP contribution in [-0.2, 0) is 17.6 Å². The van der Waals surface area contributed by atoms with Crippen molar-refractivity contribution in [2.24, 2.45) is 0 Å². The van der Waals surface area contributed by atoms with Gasteiger partial charge in [-0.1, -0.05) is 60.3 Å². The molecule has 0 bridgehead atoms. The second-order valence-corrected chi connectivity index (χ2v) is 10.4. The van der Waals surface area contributed by atoms with Crippen LogP contribution in [0.1, 0.15) is 23.1 Å². The molecule has 5 aromatic rings. The summed E-state index contributed by atoms with van der Waals surface area (Å²) in [5.74, 6) is 0.243. The van der Waals surface area contributed by atoms with Gasteiger partial charge in [-0.2, -0.15) is 0 Å². The predicted octanol–water partition coefficient (Wildman–Crippen LogP) is 6.43. The van der Waals surface area contributed by atoms with E-state index in [-0.39, 0.29) is 11.7 Å². The second-order valence-electron chi connectivity index (χ2n) is 8.43. The molecule has 2 aromatic carbocycles. The topological polar surface area (TPSA) is 67.8 Å². The molecule has 0 saturated heterocycles. The van der Waals surface area contributed by atoms with E-state index in [0.717, 1.165) is 61.8 Å². The minimum atomic E-state index is -0.0439. The van der Waals surface area contributed by atoms with Crippen LogP contribution < -0.4 is 5.32 Å². The molecule has 1 N–H and O–H groups in total. The number of pyridine rings is 1. The summed E-state index contributed by atoms with van der Waals surface area (Å²) >= 11 is 3.08. The molecule has 0 aliphatic heterocycles. The van der Waals surface area contributed by atoms with E-state index in [2.05, 4.69) is 39.6 Å². The van der Waals surface area contributed by atoms with Crippen LogP contribution in [0.15, 0.2) is 66.0 Å². The number of para-hydroxylation sites is 1. The van der Waals surface area contributed by atoms with E-state index in [9.17, 15) is 4.79 Å². The molecule has 3 aromatic heterocycles. The zero-order valence-electron chi connectivity index (χ0n) is 18.7. The molecule has 34 heavy (non-hydrogen) atoms. The van der Waals surface area contributed by atoms with E-state index in [0.29, 0.717) is 0 Å². The van der Waals surface area contributed by atoms with Gasteiger partial charge in [-0.15, -0.1) is 11.3 Å². The van der Waals surface area contributed by atoms with Gasteiger partial charge in [-0.05, 0) is 48.9 Å². The van der Waals surface area contributed by atoms with Crippen LogP contribution in [0.2, 0.25) is 0 Å². The number of hydrogen-bond acceptors (Lipinski definition) is 6. The first-order valence-electron chi connectivity index (χ1n) is 11.3. The molecule has 0 atom stereocenters. The lowest BCUT2D eigenvalue weighted by Gasteiger charge is -2.09. The molecule has 3 heterocycles. The quantitative estimate of drug-likeness (QED) is 0.231. The Balaban J connectivity index is 1.36. The molecule has 6 rings (SSSR count). The van der Waals surface area contributed by atoms with Gasteiger partial charge in [0.15, 0.2) is 0 Å². The Bertz CT molecular complexity index is 1550. The number of thioether (sulfide) groups is 1. The Hall–Kier alpha value is -3.29. The average molecular weight is 483 g/mol. The lowest BCUT2D eigenvalue weighted by atomic mass is 10.0. The van der Waals surface area contributed by atoms with Crippen molar-refractivity contribution in [3.8, 4) is 11.3 Å². The molecule has 0 saturated carbocycles. The number of anilines is 1. The SMILES string of the molecule is Cc1ccccc1NC(=O)CSc1ncnc2c1sc1nc(-c3ccccc3)c3c(c12)CCC3. The van der Waals surface area contributed by atoms with Crippen LogP contribution in [0.3, 0.4) is 0 Å². The third kappa shape index (κ3) is 3.75. The fourth-order valence-electron chi connectivity index (χ4n) is 4.65. The Morgan fingerprint density at radius 2 is 1.82 bits per heavy atom. The Labute approximate surface area is 205 Å². The highest BCUT2D eigenvalue weighted by Crippen LogP contribution is 2.43. The summed E-state index contributed by atoms with van der Waals surface area (Å²) in [6.07, 6.45) is 4.85. The number of thiophene rings is 1. The predicted molar refractivity (Wildman–Crippen MR) is 141 cm³/mol. The molecule has 0 radical (unpaired) electrons. The fraction of sp³-hybridized carbons (Fsp3) is 0.185. The van der Waals surface area contributed by atoms with Crippen molar-refractivity contribution in [3.63, 3.8) is 0 Å². The number of fused-ring (bicyclic) bond motifs is 5. The van der Waals surface area contributed by atoms with Gasteiger partial charge in [0.2, 0.25) is 5.91 Å². The summed E-state index contributed by atoms with van der Waals surface area (Å²) in [7, 11) is 0. The molecule has 5 nitrogen and oxygen atoms in total. The summed E-state index contributed by atoms with van der Waals surface area (Å²) in [6.45, 7) is 1.99. The second kappa shape index (κ2) is 8.81. The third-order valence-corrected chi connectivity index (χ3v) is 8.44. The number of rotatable bonds is 5. The third-order valence-electron chi connectivity index (χ3n) is 6.25. The van der Waals surface area contributed by atoms with Crippen molar-refractivity contribution >= 4 is 55.1 Å². The summed E-state index contributed by atoms with van der Waals surface area (Å²) in [5.41, 5.74) is 7.83. The first-order valence-corrected chi connectivity index (χ1v) is 13.1. The van der Waals surface area contributed by atoms with E-state index in [4.69, 9.17) is 4.98 Å². The summed E-state index contributed by atoms with van der Waals surface area (Å²) < 4.78 is 1.01. The maximum absolute atomic E-state index is 12.6. The minimum Gasteiger partial charge on any atom is -0.325 e. The van der Waals surface area contributed by atoms with Gasteiger partial charge in [0.05, 0.1) is 21.7 Å². The molecule has 168 valence electrons. The largest absolute Gasteiger partial charge is 0.325 e. The van der Waals surface area contributed by atoms with Crippen molar-refractivity contribution in [2.75, 3.05) is 11.1 Å². The summed E-state index contributed by atoms with van der Waals surface area (Å²) in [5, 5.41) is 5.00. The number of nitrogens with one attached hydrogen (secondary N) is 1. The highest BCUT2D eigenvalue weighted by Gasteiger charge is 2.25. The highest BCUT2D eigenvalue weighted by molar-refractivity contribution is 8.00. The molecule has 7 heteroatoms. The smallest absolute Gasteiger partial charge is 0.234 e. The van der Waals surface area contributed by atoms with Crippen LogP contribution >= 0.6 is 23.1 Å². The van der Waals surface area contributed by atoms with Crippen molar-refractivity contribution in [3.05, 3.63) is 77.6 Å². The molecular weight excluding hydrogens is 460 g/mol. The van der Waals surface area contributed by atoms with Gasteiger partial charge in [-0.25, -0.2) is 15.0 Å². The van der Waals surface area contributed by atoms with E-state index >= 15 is 0 Å². The number of aryl methyl sites for hydroxylation is 2. The van der Waals surface area contributed by atoms with E-state index in [1.165, 1.54) is 28.3 Å². The Morgan fingerprint density at radius 1 is 1.03 bits per heavy atom. The molecule has 1 aliphatic rings. The van der Waals surface area contributed by atoms with Crippen molar-refractivity contribution in [1.82, 2.24) is 15.0 Å².